The van der Waals surface area contributed by atoms with E-state index in [-0.39, 0.29) is 17.9 Å². The third-order valence-electron chi connectivity index (χ3n) is 4.42. The van der Waals surface area contributed by atoms with Crippen LogP contribution in [0.2, 0.25) is 0 Å². The summed E-state index contributed by atoms with van der Waals surface area (Å²) in [5.74, 6) is 0.301. The molecule has 0 aliphatic heterocycles. The van der Waals surface area contributed by atoms with E-state index in [9.17, 15) is 9.59 Å². The minimum absolute atomic E-state index is 0.0549. The number of aryl methyl sites for hydroxylation is 1. The maximum atomic E-state index is 12.2. The first-order chi connectivity index (χ1) is 12.3. The van der Waals surface area contributed by atoms with E-state index in [0.717, 1.165) is 32.1 Å². The van der Waals surface area contributed by atoms with Crippen LogP contribution < -0.4 is 10.6 Å². The van der Waals surface area contributed by atoms with Crippen LogP contribution in [-0.4, -0.2) is 45.0 Å². The van der Waals surface area contributed by atoms with Crippen molar-refractivity contribution in [1.82, 2.24) is 25.4 Å². The minimum Gasteiger partial charge on any atom is -0.444 e. The zero-order chi connectivity index (χ0) is 19.0. The van der Waals surface area contributed by atoms with Gasteiger partial charge >= 0.3 is 6.09 Å². The summed E-state index contributed by atoms with van der Waals surface area (Å²) in [4.78, 5) is 28.0. The first-order valence-electron chi connectivity index (χ1n) is 9.42. The van der Waals surface area contributed by atoms with Gasteiger partial charge < -0.3 is 15.4 Å². The molecule has 0 aromatic carbocycles. The van der Waals surface area contributed by atoms with Gasteiger partial charge in [-0.1, -0.05) is 12.8 Å². The summed E-state index contributed by atoms with van der Waals surface area (Å²) in [7, 11) is 0. The highest BCUT2D eigenvalue weighted by Gasteiger charge is 2.27. The Hall–Kier alpha value is -2.12. The molecule has 0 radical (unpaired) electrons. The number of rotatable bonds is 7. The van der Waals surface area contributed by atoms with Gasteiger partial charge in [0.1, 0.15) is 18.3 Å². The third kappa shape index (κ3) is 7.41. The van der Waals surface area contributed by atoms with Crippen LogP contribution in [-0.2, 0) is 16.1 Å². The Morgan fingerprint density at radius 1 is 1.27 bits per heavy atom. The second kappa shape index (κ2) is 9.54. The summed E-state index contributed by atoms with van der Waals surface area (Å²) in [5, 5.41) is 10.0. The molecule has 26 heavy (non-hydrogen) atoms. The van der Waals surface area contributed by atoms with Crippen LogP contribution in [0.25, 0.3) is 0 Å². The molecular weight excluding hydrogens is 334 g/mol. The Morgan fingerprint density at radius 2 is 2.04 bits per heavy atom. The first kappa shape index (κ1) is 20.2. The number of amides is 2. The molecule has 2 N–H and O–H groups in total. The highest BCUT2D eigenvalue weighted by molar-refractivity contribution is 5.76. The van der Waals surface area contributed by atoms with Crippen LogP contribution in [0.5, 0.6) is 0 Å². The largest absolute Gasteiger partial charge is 0.444 e. The number of alkyl carbamates (subject to hydrolysis) is 1. The lowest BCUT2D eigenvalue weighted by molar-refractivity contribution is -0.122. The number of carbonyl (C=O) groups excluding carboxylic acids is 2. The molecule has 2 rings (SSSR count). The van der Waals surface area contributed by atoms with Gasteiger partial charge in [0.2, 0.25) is 5.91 Å². The monoisotopic (exact) mass is 365 g/mol. The standard InChI is InChI=1S/C18H31N5O3/c1-18(2,3)26-17(25)20-11-14-7-4-5-8-15(14)22-16(24)9-6-10-23-13-19-12-21-23/h12-15H,4-11H2,1-3H3,(H,20,25)(H,22,24). The number of nitrogens with zero attached hydrogens (tertiary/aromatic N) is 3. The van der Waals surface area contributed by atoms with E-state index >= 15 is 0 Å². The Balaban J connectivity index is 1.72. The van der Waals surface area contributed by atoms with Crippen molar-refractivity contribution >= 4 is 12.0 Å². The number of aromatic nitrogens is 3. The topological polar surface area (TPSA) is 98.1 Å². The molecule has 1 heterocycles. The second-order valence-electron chi connectivity index (χ2n) is 7.86. The zero-order valence-electron chi connectivity index (χ0n) is 16.0. The molecule has 2 amide bonds. The lowest BCUT2D eigenvalue weighted by Crippen LogP contribution is -2.47. The van der Waals surface area contributed by atoms with E-state index in [0.29, 0.717) is 19.5 Å². The Bertz CT molecular complexity index is 568. The van der Waals surface area contributed by atoms with E-state index in [1.165, 1.54) is 6.33 Å². The molecular formula is C18H31N5O3. The van der Waals surface area contributed by atoms with E-state index in [4.69, 9.17) is 4.74 Å². The van der Waals surface area contributed by atoms with Crippen molar-refractivity contribution in [2.45, 2.75) is 77.5 Å². The van der Waals surface area contributed by atoms with Gasteiger partial charge in [-0.2, -0.15) is 5.10 Å². The average molecular weight is 365 g/mol. The predicted molar refractivity (Wildman–Crippen MR) is 97.4 cm³/mol. The van der Waals surface area contributed by atoms with Crippen molar-refractivity contribution in [2.75, 3.05) is 6.54 Å². The zero-order valence-corrected chi connectivity index (χ0v) is 16.0. The number of hydrogen-bond acceptors (Lipinski definition) is 5. The fourth-order valence-electron chi connectivity index (χ4n) is 3.20. The van der Waals surface area contributed by atoms with Crippen LogP contribution in [0.3, 0.4) is 0 Å². The molecule has 1 aromatic rings. The summed E-state index contributed by atoms with van der Waals surface area (Å²) in [6, 6.07) is 0.109. The molecule has 1 saturated carbocycles. The van der Waals surface area contributed by atoms with E-state index in [1.807, 2.05) is 20.8 Å². The maximum absolute atomic E-state index is 12.2. The lowest BCUT2D eigenvalue weighted by Gasteiger charge is -2.32. The molecule has 0 bridgehead atoms. The molecule has 0 saturated heterocycles. The van der Waals surface area contributed by atoms with Gasteiger partial charge in [0.05, 0.1) is 0 Å². The smallest absolute Gasteiger partial charge is 0.407 e. The van der Waals surface area contributed by atoms with Gasteiger partial charge in [-0.15, -0.1) is 0 Å². The van der Waals surface area contributed by atoms with Gasteiger partial charge in [0.25, 0.3) is 0 Å². The molecule has 2 atom stereocenters. The molecule has 8 heteroatoms. The van der Waals surface area contributed by atoms with Crippen molar-refractivity contribution in [1.29, 1.82) is 0 Å². The lowest BCUT2D eigenvalue weighted by atomic mass is 9.84. The second-order valence-corrected chi connectivity index (χ2v) is 7.86. The van der Waals surface area contributed by atoms with Crippen molar-refractivity contribution in [3.63, 3.8) is 0 Å². The maximum Gasteiger partial charge on any atom is 0.407 e. The van der Waals surface area contributed by atoms with Crippen molar-refractivity contribution in [3.8, 4) is 0 Å². The summed E-state index contributed by atoms with van der Waals surface area (Å²) in [6.07, 6.45) is 8.11. The summed E-state index contributed by atoms with van der Waals surface area (Å²) in [5.41, 5.74) is -0.506. The van der Waals surface area contributed by atoms with Gasteiger partial charge in [0, 0.05) is 25.6 Å². The Labute approximate surface area is 155 Å². The van der Waals surface area contributed by atoms with Crippen LogP contribution >= 0.6 is 0 Å². The normalized spacial score (nSPS) is 20.4. The SMILES string of the molecule is CC(C)(C)OC(=O)NCC1CCCCC1NC(=O)CCCn1cncn1. The number of ether oxygens (including phenoxy) is 1. The molecule has 8 nitrogen and oxygen atoms in total. The van der Waals surface area contributed by atoms with Crippen molar-refractivity contribution in [3.05, 3.63) is 12.7 Å². The van der Waals surface area contributed by atoms with Crippen LogP contribution in [0.1, 0.15) is 59.3 Å². The molecule has 146 valence electrons. The average Bonchev–Trinajstić information content (AvgIpc) is 3.06. The molecule has 2 unspecified atom stereocenters. The van der Waals surface area contributed by atoms with E-state index in [2.05, 4.69) is 20.7 Å². The van der Waals surface area contributed by atoms with Gasteiger partial charge in [-0.05, 0) is 46.0 Å². The quantitative estimate of drug-likeness (QED) is 0.772. The number of carbonyl (C=O) groups is 2. The Morgan fingerprint density at radius 3 is 2.73 bits per heavy atom. The number of hydrogen-bond donors (Lipinski definition) is 2. The van der Waals surface area contributed by atoms with Gasteiger partial charge in [0.15, 0.2) is 0 Å². The van der Waals surface area contributed by atoms with Gasteiger partial charge in [-0.25, -0.2) is 9.78 Å². The van der Waals surface area contributed by atoms with Crippen molar-refractivity contribution in [2.24, 2.45) is 5.92 Å². The third-order valence-corrected chi connectivity index (χ3v) is 4.42. The molecule has 1 aliphatic carbocycles. The highest BCUT2D eigenvalue weighted by Crippen LogP contribution is 2.24. The summed E-state index contributed by atoms with van der Waals surface area (Å²) < 4.78 is 7.01. The van der Waals surface area contributed by atoms with Crippen LogP contribution in [0, 0.1) is 5.92 Å². The van der Waals surface area contributed by atoms with Crippen LogP contribution in [0.4, 0.5) is 4.79 Å². The fraction of sp³-hybridized carbons (Fsp3) is 0.778. The van der Waals surface area contributed by atoms with E-state index in [1.54, 1.807) is 11.0 Å². The minimum atomic E-state index is -0.506. The first-order valence-corrected chi connectivity index (χ1v) is 9.42. The summed E-state index contributed by atoms with van der Waals surface area (Å²) in [6.45, 7) is 6.74. The highest BCUT2D eigenvalue weighted by atomic mass is 16.6. The molecule has 1 aromatic heterocycles. The summed E-state index contributed by atoms with van der Waals surface area (Å²) >= 11 is 0. The predicted octanol–water partition coefficient (Wildman–Crippen LogP) is 2.26. The van der Waals surface area contributed by atoms with Gasteiger partial charge in [-0.3, -0.25) is 9.48 Å². The molecule has 1 fully saturated rings. The van der Waals surface area contributed by atoms with E-state index < -0.39 is 11.7 Å². The molecule has 0 spiro atoms. The Kier molecular flexibility index (Phi) is 7.41. The fourth-order valence-corrected chi connectivity index (χ4v) is 3.20. The molecule has 1 aliphatic rings. The van der Waals surface area contributed by atoms with Crippen molar-refractivity contribution < 1.29 is 14.3 Å². The number of nitrogens with one attached hydrogen (secondary N) is 2. The van der Waals surface area contributed by atoms with Crippen LogP contribution in [0.15, 0.2) is 12.7 Å².